The van der Waals surface area contributed by atoms with Crippen molar-refractivity contribution in [3.8, 4) is 11.6 Å². The van der Waals surface area contributed by atoms with Crippen molar-refractivity contribution in [1.29, 1.82) is 0 Å². The summed E-state index contributed by atoms with van der Waals surface area (Å²) in [5.74, 6) is -0.219. The molecular formula is C20H14ClN3O2S. The highest BCUT2D eigenvalue weighted by atomic mass is 35.5. The van der Waals surface area contributed by atoms with Crippen molar-refractivity contribution in [2.24, 2.45) is 4.99 Å². The van der Waals surface area contributed by atoms with Crippen molar-refractivity contribution in [3.05, 3.63) is 80.5 Å². The first-order chi connectivity index (χ1) is 13.1. The van der Waals surface area contributed by atoms with E-state index in [4.69, 9.17) is 11.6 Å². The number of aromatic hydroxyl groups is 1. The van der Waals surface area contributed by atoms with Gasteiger partial charge in [-0.15, -0.1) is 11.3 Å². The van der Waals surface area contributed by atoms with Crippen LogP contribution in [0.5, 0.6) is 5.88 Å². The number of halogens is 1. The molecule has 5 nitrogen and oxygen atoms in total. The van der Waals surface area contributed by atoms with Gasteiger partial charge in [-0.1, -0.05) is 41.9 Å². The van der Waals surface area contributed by atoms with Crippen LogP contribution in [0.1, 0.15) is 11.3 Å². The lowest BCUT2D eigenvalue weighted by molar-refractivity contribution is 0.436. The molecule has 0 unspecified atom stereocenters. The molecule has 1 N–H and O–H groups in total. The average molecular weight is 396 g/mol. The van der Waals surface area contributed by atoms with Gasteiger partial charge in [0.05, 0.1) is 22.0 Å². The average Bonchev–Trinajstić information content (AvgIpc) is 3.08. The molecule has 2 heterocycles. The van der Waals surface area contributed by atoms with Crippen molar-refractivity contribution in [1.82, 2.24) is 9.55 Å². The molecule has 0 aliphatic heterocycles. The number of aryl methyl sites for hydroxylation is 1. The van der Waals surface area contributed by atoms with E-state index in [0.717, 1.165) is 5.69 Å². The van der Waals surface area contributed by atoms with Crippen molar-refractivity contribution >= 4 is 45.1 Å². The molecule has 0 amide bonds. The van der Waals surface area contributed by atoms with Gasteiger partial charge < -0.3 is 5.11 Å². The maximum absolute atomic E-state index is 13.0. The second kappa shape index (κ2) is 6.98. The van der Waals surface area contributed by atoms with Crippen LogP contribution in [0.3, 0.4) is 0 Å². The monoisotopic (exact) mass is 395 g/mol. The predicted molar refractivity (Wildman–Crippen MR) is 110 cm³/mol. The van der Waals surface area contributed by atoms with E-state index in [1.165, 1.54) is 22.1 Å². The van der Waals surface area contributed by atoms with Gasteiger partial charge in [0.1, 0.15) is 0 Å². The molecule has 0 saturated carbocycles. The number of pyridine rings is 1. The highest BCUT2D eigenvalue weighted by Crippen LogP contribution is 2.29. The van der Waals surface area contributed by atoms with Gasteiger partial charge in [0.15, 0.2) is 0 Å². The lowest BCUT2D eigenvalue weighted by atomic mass is 10.1. The fraction of sp³-hybridized carbons (Fsp3) is 0.0500. The number of hydrogen-bond acceptors (Lipinski definition) is 5. The van der Waals surface area contributed by atoms with Gasteiger partial charge >= 0.3 is 0 Å². The molecule has 0 bridgehead atoms. The summed E-state index contributed by atoms with van der Waals surface area (Å²) in [5.41, 5.74) is 1.37. The Morgan fingerprint density at radius 2 is 1.85 bits per heavy atom. The Morgan fingerprint density at radius 1 is 1.15 bits per heavy atom. The largest absolute Gasteiger partial charge is 0.494 e. The molecule has 0 aliphatic carbocycles. The van der Waals surface area contributed by atoms with Gasteiger partial charge in [0.2, 0.25) is 11.0 Å². The van der Waals surface area contributed by atoms with Crippen LogP contribution in [0.4, 0.5) is 5.13 Å². The predicted octanol–water partition coefficient (Wildman–Crippen LogP) is 4.87. The van der Waals surface area contributed by atoms with Gasteiger partial charge in [-0.25, -0.2) is 14.5 Å². The third kappa shape index (κ3) is 3.13. The zero-order valence-electron chi connectivity index (χ0n) is 14.3. The maximum atomic E-state index is 13.0. The summed E-state index contributed by atoms with van der Waals surface area (Å²) in [6.07, 6.45) is 1.53. The molecule has 4 aromatic rings. The van der Waals surface area contributed by atoms with Gasteiger partial charge in [0.25, 0.3) is 5.56 Å². The zero-order valence-corrected chi connectivity index (χ0v) is 15.8. The number of fused-ring (bicyclic) bond motifs is 1. The molecule has 0 fully saturated rings. The molecular weight excluding hydrogens is 382 g/mol. The third-order valence-electron chi connectivity index (χ3n) is 4.11. The number of hydrogen-bond donors (Lipinski definition) is 1. The maximum Gasteiger partial charge on any atom is 0.265 e. The second-order valence-corrected chi connectivity index (χ2v) is 7.15. The molecule has 0 radical (unpaired) electrons. The molecule has 2 aromatic carbocycles. The number of thiazole rings is 1. The first-order valence-corrected chi connectivity index (χ1v) is 9.40. The van der Waals surface area contributed by atoms with Gasteiger partial charge in [-0.05, 0) is 25.1 Å². The standard InChI is InChI=1S/C20H14ClN3O2S/c1-12-11-27-20(23-12)22-10-15-13-6-2-3-7-14(13)18(25)24(19(15)26)17-9-5-4-8-16(17)21/h2-11,26H,1H3/b22-10+. The molecule has 4 rings (SSSR count). The van der Waals surface area contributed by atoms with E-state index in [2.05, 4.69) is 9.98 Å². The number of aliphatic imine (C=N–C) groups is 1. The van der Waals surface area contributed by atoms with Crippen LogP contribution in [0.25, 0.3) is 16.5 Å². The SMILES string of the molecule is Cc1csc(/N=C/c2c(O)n(-c3ccccc3Cl)c(=O)c3ccccc23)n1. The Labute approximate surface area is 163 Å². The van der Waals surface area contributed by atoms with E-state index in [1.54, 1.807) is 42.5 Å². The van der Waals surface area contributed by atoms with E-state index >= 15 is 0 Å². The molecule has 0 saturated heterocycles. The number of aromatic nitrogens is 2. The minimum absolute atomic E-state index is 0.219. The highest BCUT2D eigenvalue weighted by molar-refractivity contribution is 7.13. The minimum atomic E-state index is -0.349. The lowest BCUT2D eigenvalue weighted by Gasteiger charge is -2.14. The lowest BCUT2D eigenvalue weighted by Crippen LogP contribution is -2.20. The third-order valence-corrected chi connectivity index (χ3v) is 5.29. The molecule has 0 atom stereocenters. The number of para-hydroxylation sites is 1. The minimum Gasteiger partial charge on any atom is -0.494 e. The summed E-state index contributed by atoms with van der Waals surface area (Å²) in [6.45, 7) is 1.89. The second-order valence-electron chi connectivity index (χ2n) is 5.90. The molecule has 27 heavy (non-hydrogen) atoms. The summed E-state index contributed by atoms with van der Waals surface area (Å²) in [7, 11) is 0. The van der Waals surface area contributed by atoms with Crippen LogP contribution in [0, 0.1) is 6.92 Å². The van der Waals surface area contributed by atoms with E-state index in [0.29, 0.717) is 32.2 Å². The fourth-order valence-corrected chi connectivity index (χ4v) is 3.73. The van der Waals surface area contributed by atoms with Crippen molar-refractivity contribution < 1.29 is 5.11 Å². The van der Waals surface area contributed by atoms with Gasteiger partial charge in [-0.3, -0.25) is 4.79 Å². The van der Waals surface area contributed by atoms with Crippen LogP contribution >= 0.6 is 22.9 Å². The van der Waals surface area contributed by atoms with Crippen LogP contribution < -0.4 is 5.56 Å². The topological polar surface area (TPSA) is 67.5 Å². The molecule has 0 aliphatic rings. The first-order valence-electron chi connectivity index (χ1n) is 8.14. The van der Waals surface area contributed by atoms with E-state index in [-0.39, 0.29) is 11.4 Å². The van der Waals surface area contributed by atoms with Crippen molar-refractivity contribution in [2.45, 2.75) is 6.92 Å². The van der Waals surface area contributed by atoms with E-state index in [1.807, 2.05) is 18.4 Å². The summed E-state index contributed by atoms with van der Waals surface area (Å²) >= 11 is 7.68. The first kappa shape index (κ1) is 17.5. The van der Waals surface area contributed by atoms with E-state index < -0.39 is 0 Å². The molecule has 134 valence electrons. The van der Waals surface area contributed by atoms with Crippen LogP contribution in [0.2, 0.25) is 5.02 Å². The molecule has 0 spiro atoms. The van der Waals surface area contributed by atoms with Gasteiger partial charge in [0, 0.05) is 22.4 Å². The molecule has 7 heteroatoms. The summed E-state index contributed by atoms with van der Waals surface area (Å²) in [5, 5.41) is 14.8. The smallest absolute Gasteiger partial charge is 0.265 e. The Hall–Kier alpha value is -2.96. The Balaban J connectivity index is 2.02. The Morgan fingerprint density at radius 3 is 2.56 bits per heavy atom. The summed E-state index contributed by atoms with van der Waals surface area (Å²) in [6, 6.07) is 14.0. The fourth-order valence-electron chi connectivity index (χ4n) is 2.87. The van der Waals surface area contributed by atoms with E-state index in [9.17, 15) is 9.90 Å². The zero-order chi connectivity index (χ0) is 19.0. The Bertz CT molecular complexity index is 1240. The number of benzene rings is 2. The number of nitrogens with zero attached hydrogens (tertiary/aromatic N) is 3. The van der Waals surface area contributed by atoms with Gasteiger partial charge in [-0.2, -0.15) is 0 Å². The quantitative estimate of drug-likeness (QED) is 0.503. The van der Waals surface area contributed by atoms with Crippen molar-refractivity contribution in [3.63, 3.8) is 0 Å². The van der Waals surface area contributed by atoms with Crippen LogP contribution in [0.15, 0.2) is 63.7 Å². The summed E-state index contributed by atoms with van der Waals surface area (Å²) in [4.78, 5) is 21.7. The summed E-state index contributed by atoms with van der Waals surface area (Å²) < 4.78 is 1.21. The molecule has 2 aromatic heterocycles. The normalized spacial score (nSPS) is 11.5. The van der Waals surface area contributed by atoms with Crippen LogP contribution in [-0.2, 0) is 0 Å². The Kier molecular flexibility index (Phi) is 4.51. The highest BCUT2D eigenvalue weighted by Gasteiger charge is 2.17. The number of rotatable bonds is 3. The van der Waals surface area contributed by atoms with Crippen LogP contribution in [-0.4, -0.2) is 20.9 Å². The van der Waals surface area contributed by atoms with Crippen molar-refractivity contribution in [2.75, 3.05) is 0 Å².